The molecule has 0 amide bonds. The molecule has 0 bridgehead atoms. The van der Waals surface area contributed by atoms with E-state index >= 15 is 0 Å². The van der Waals surface area contributed by atoms with Gasteiger partial charge in [-0.1, -0.05) is 43.5 Å². The van der Waals surface area contributed by atoms with Crippen molar-refractivity contribution in [3.8, 4) is 0 Å². The van der Waals surface area contributed by atoms with Crippen LogP contribution < -0.4 is 0 Å². The van der Waals surface area contributed by atoms with Crippen molar-refractivity contribution in [2.24, 2.45) is 0 Å². The van der Waals surface area contributed by atoms with E-state index in [1.54, 1.807) is 6.07 Å². The Kier molecular flexibility index (Phi) is 7.56. The molecule has 104 valence electrons. The van der Waals surface area contributed by atoms with Crippen LogP contribution in [0.1, 0.15) is 50.5 Å². The number of carboxylic acid groups (broad SMARTS) is 1. The lowest BCUT2D eigenvalue weighted by Gasteiger charge is -1.98. The van der Waals surface area contributed by atoms with Crippen LogP contribution in [0.3, 0.4) is 0 Å². The molecule has 1 rings (SSSR count). The van der Waals surface area contributed by atoms with Crippen LogP contribution in [0.15, 0.2) is 30.3 Å². The van der Waals surface area contributed by atoms with Crippen molar-refractivity contribution >= 4 is 12.0 Å². The molecule has 19 heavy (non-hydrogen) atoms. The average Bonchev–Trinajstić information content (AvgIpc) is 2.36. The normalized spacial score (nSPS) is 11.0. The molecule has 3 heteroatoms. The van der Waals surface area contributed by atoms with Crippen LogP contribution in [-0.4, -0.2) is 11.1 Å². The van der Waals surface area contributed by atoms with Crippen LogP contribution in [0.5, 0.6) is 0 Å². The van der Waals surface area contributed by atoms with Crippen LogP contribution in [0.4, 0.5) is 4.39 Å². The summed E-state index contributed by atoms with van der Waals surface area (Å²) in [4.78, 5) is 10.3. The summed E-state index contributed by atoms with van der Waals surface area (Å²) in [5.41, 5.74) is 0.890. The first-order valence-electron chi connectivity index (χ1n) is 6.82. The first kappa shape index (κ1) is 15.4. The first-order valence-corrected chi connectivity index (χ1v) is 6.82. The molecule has 0 atom stereocenters. The van der Waals surface area contributed by atoms with Gasteiger partial charge in [0.1, 0.15) is 5.82 Å². The van der Waals surface area contributed by atoms with Gasteiger partial charge in [-0.3, -0.25) is 4.79 Å². The third-order valence-corrected chi connectivity index (χ3v) is 2.92. The molecule has 0 aliphatic rings. The molecule has 0 saturated carbocycles. The minimum atomic E-state index is -0.710. The number of unbranched alkanes of at least 4 members (excludes halogenated alkanes) is 5. The van der Waals surface area contributed by atoms with E-state index in [2.05, 4.69) is 6.08 Å². The number of carbonyl (C=O) groups is 1. The van der Waals surface area contributed by atoms with E-state index in [1.165, 1.54) is 12.1 Å². The van der Waals surface area contributed by atoms with Gasteiger partial charge in [0.05, 0.1) is 0 Å². The second-order valence-electron chi connectivity index (χ2n) is 4.66. The SMILES string of the molecule is O=C(O)CCCCCCCC=Cc1cccc(F)c1. The number of hydrogen-bond donors (Lipinski definition) is 1. The van der Waals surface area contributed by atoms with Gasteiger partial charge in [0, 0.05) is 6.42 Å². The highest BCUT2D eigenvalue weighted by Crippen LogP contribution is 2.10. The summed E-state index contributed by atoms with van der Waals surface area (Å²) in [7, 11) is 0. The summed E-state index contributed by atoms with van der Waals surface area (Å²) >= 11 is 0. The van der Waals surface area contributed by atoms with Crippen molar-refractivity contribution in [3.05, 3.63) is 41.7 Å². The van der Waals surface area contributed by atoms with E-state index in [0.717, 1.165) is 44.1 Å². The molecule has 0 aliphatic heterocycles. The summed E-state index contributed by atoms with van der Waals surface area (Å²) in [5, 5.41) is 8.48. The van der Waals surface area contributed by atoms with Gasteiger partial charge in [-0.25, -0.2) is 4.39 Å². The molecule has 0 heterocycles. The molecule has 0 radical (unpaired) electrons. The van der Waals surface area contributed by atoms with Gasteiger partial charge in [0.25, 0.3) is 0 Å². The third-order valence-electron chi connectivity index (χ3n) is 2.92. The van der Waals surface area contributed by atoms with Crippen molar-refractivity contribution in [2.45, 2.75) is 44.9 Å². The third kappa shape index (κ3) is 8.14. The largest absolute Gasteiger partial charge is 0.481 e. The van der Waals surface area contributed by atoms with Crippen molar-refractivity contribution in [2.75, 3.05) is 0 Å². The van der Waals surface area contributed by atoms with Gasteiger partial charge >= 0.3 is 5.97 Å². The summed E-state index contributed by atoms with van der Waals surface area (Å²) in [5.74, 6) is -0.918. The van der Waals surface area contributed by atoms with E-state index in [9.17, 15) is 9.18 Å². The number of halogens is 1. The fourth-order valence-corrected chi connectivity index (χ4v) is 1.90. The quantitative estimate of drug-likeness (QED) is 0.659. The van der Waals surface area contributed by atoms with Crippen molar-refractivity contribution < 1.29 is 14.3 Å². The van der Waals surface area contributed by atoms with E-state index in [4.69, 9.17) is 5.11 Å². The van der Waals surface area contributed by atoms with Gasteiger partial charge in [-0.2, -0.15) is 0 Å². The van der Waals surface area contributed by atoms with E-state index < -0.39 is 5.97 Å². The van der Waals surface area contributed by atoms with E-state index in [1.807, 2.05) is 12.1 Å². The maximum atomic E-state index is 12.9. The minimum absolute atomic E-state index is 0.208. The van der Waals surface area contributed by atoms with Gasteiger partial charge in [0.2, 0.25) is 0 Å². The molecular formula is C16H21FO2. The van der Waals surface area contributed by atoms with Crippen molar-refractivity contribution in [3.63, 3.8) is 0 Å². The molecule has 1 aromatic carbocycles. The maximum Gasteiger partial charge on any atom is 0.303 e. The van der Waals surface area contributed by atoms with Crippen LogP contribution in [0.2, 0.25) is 0 Å². The van der Waals surface area contributed by atoms with Crippen LogP contribution in [0.25, 0.3) is 6.08 Å². The van der Waals surface area contributed by atoms with Crippen LogP contribution in [-0.2, 0) is 4.79 Å². The van der Waals surface area contributed by atoms with E-state index in [-0.39, 0.29) is 12.2 Å². The maximum absolute atomic E-state index is 12.9. The van der Waals surface area contributed by atoms with Gasteiger partial charge < -0.3 is 5.11 Å². The van der Waals surface area contributed by atoms with E-state index in [0.29, 0.717) is 0 Å². The first-order chi connectivity index (χ1) is 9.18. The molecule has 0 unspecified atom stereocenters. The molecule has 0 fully saturated rings. The standard InChI is InChI=1S/C16H21FO2/c17-15-11-8-10-14(13-15)9-6-4-2-1-3-5-7-12-16(18)19/h6,8-11,13H,1-5,7,12H2,(H,18,19). The number of allylic oxidation sites excluding steroid dienone is 1. The Hall–Kier alpha value is -1.64. The highest BCUT2D eigenvalue weighted by atomic mass is 19.1. The Morgan fingerprint density at radius 3 is 2.63 bits per heavy atom. The second kappa shape index (κ2) is 9.31. The number of aliphatic carboxylic acids is 1. The lowest BCUT2D eigenvalue weighted by molar-refractivity contribution is -0.137. The summed E-state index contributed by atoms with van der Waals surface area (Å²) in [6.07, 6.45) is 10.3. The summed E-state index contributed by atoms with van der Waals surface area (Å²) in [6, 6.07) is 6.54. The molecule has 0 saturated heterocycles. The second-order valence-corrected chi connectivity index (χ2v) is 4.66. The molecule has 0 aliphatic carbocycles. The monoisotopic (exact) mass is 264 g/mol. The van der Waals surface area contributed by atoms with Crippen LogP contribution >= 0.6 is 0 Å². The predicted octanol–water partition coefficient (Wildman–Crippen LogP) is 4.65. The van der Waals surface area contributed by atoms with Crippen LogP contribution in [0, 0.1) is 5.82 Å². The van der Waals surface area contributed by atoms with Gasteiger partial charge in [-0.15, -0.1) is 0 Å². The fraction of sp³-hybridized carbons (Fsp3) is 0.438. The number of benzene rings is 1. The number of rotatable bonds is 9. The highest BCUT2D eigenvalue weighted by Gasteiger charge is 1.96. The molecular weight excluding hydrogens is 243 g/mol. The van der Waals surface area contributed by atoms with Gasteiger partial charge in [0.15, 0.2) is 0 Å². The predicted molar refractivity (Wildman–Crippen MR) is 75.4 cm³/mol. The molecule has 0 aromatic heterocycles. The summed E-state index contributed by atoms with van der Waals surface area (Å²) < 4.78 is 12.9. The van der Waals surface area contributed by atoms with Gasteiger partial charge in [-0.05, 0) is 37.0 Å². The zero-order chi connectivity index (χ0) is 13.9. The number of carboxylic acids is 1. The Balaban J connectivity index is 2.03. The lowest BCUT2D eigenvalue weighted by Crippen LogP contribution is -1.93. The molecule has 1 aromatic rings. The molecule has 0 spiro atoms. The topological polar surface area (TPSA) is 37.3 Å². The Morgan fingerprint density at radius 1 is 1.16 bits per heavy atom. The zero-order valence-corrected chi connectivity index (χ0v) is 11.1. The Labute approximate surface area is 114 Å². The van der Waals surface area contributed by atoms with Crippen molar-refractivity contribution in [1.82, 2.24) is 0 Å². The zero-order valence-electron chi connectivity index (χ0n) is 11.1. The Bertz CT molecular complexity index is 413. The minimum Gasteiger partial charge on any atom is -0.481 e. The van der Waals surface area contributed by atoms with Crippen molar-refractivity contribution in [1.29, 1.82) is 0 Å². The lowest BCUT2D eigenvalue weighted by atomic mass is 10.1. The molecule has 1 N–H and O–H groups in total. The number of hydrogen-bond acceptors (Lipinski definition) is 1. The molecule has 2 nitrogen and oxygen atoms in total. The highest BCUT2D eigenvalue weighted by molar-refractivity contribution is 5.66. The Morgan fingerprint density at radius 2 is 1.89 bits per heavy atom. The smallest absolute Gasteiger partial charge is 0.303 e. The fourth-order valence-electron chi connectivity index (χ4n) is 1.90. The average molecular weight is 264 g/mol. The summed E-state index contributed by atoms with van der Waals surface area (Å²) in [6.45, 7) is 0.